The number of nitriles is 1. The molecule has 1 amide bonds. The van der Waals surface area contributed by atoms with Gasteiger partial charge in [0.1, 0.15) is 5.75 Å². The van der Waals surface area contributed by atoms with E-state index in [0.717, 1.165) is 26.1 Å². The second-order valence-corrected chi connectivity index (χ2v) is 7.58. The summed E-state index contributed by atoms with van der Waals surface area (Å²) < 4.78 is 5.47. The van der Waals surface area contributed by atoms with Crippen LogP contribution in [0.15, 0.2) is 41.8 Å². The van der Waals surface area contributed by atoms with Gasteiger partial charge in [0.15, 0.2) is 6.61 Å². The van der Waals surface area contributed by atoms with Crippen LogP contribution >= 0.6 is 11.3 Å². The molecular weight excluding hydrogens is 346 g/mol. The fourth-order valence-electron chi connectivity index (χ4n) is 3.17. The standard InChI is InChI=1S/C20H23N3O2S/c21-11-16-5-7-18(8-6-16)25-15-20(24)22-12-17-3-1-9-23(13-17)14-19-4-2-10-26-19/h2,4-8,10,17H,1,3,9,12-15H2,(H,22,24). The SMILES string of the molecule is N#Cc1ccc(OCC(=O)NCC2CCCN(Cc3cccs3)C2)cc1. The molecule has 0 bridgehead atoms. The van der Waals surface area contributed by atoms with Crippen LogP contribution in [0.3, 0.4) is 0 Å². The smallest absolute Gasteiger partial charge is 0.257 e. The Bertz CT molecular complexity index is 737. The van der Waals surface area contributed by atoms with Crippen molar-refractivity contribution in [2.45, 2.75) is 19.4 Å². The summed E-state index contributed by atoms with van der Waals surface area (Å²) in [5, 5.41) is 13.9. The Kier molecular flexibility index (Phi) is 6.64. The van der Waals surface area contributed by atoms with Crippen molar-refractivity contribution in [3.8, 4) is 11.8 Å². The molecule has 5 nitrogen and oxygen atoms in total. The monoisotopic (exact) mass is 369 g/mol. The van der Waals surface area contributed by atoms with Gasteiger partial charge in [-0.2, -0.15) is 5.26 Å². The maximum atomic E-state index is 12.0. The first-order chi connectivity index (χ1) is 12.7. The van der Waals surface area contributed by atoms with Crippen LogP contribution in [0.1, 0.15) is 23.3 Å². The van der Waals surface area contributed by atoms with E-state index < -0.39 is 0 Å². The highest BCUT2D eigenvalue weighted by atomic mass is 32.1. The first kappa shape index (κ1) is 18.4. The molecule has 1 atom stereocenters. The van der Waals surface area contributed by atoms with Crippen LogP contribution in [-0.4, -0.2) is 37.0 Å². The third-order valence-electron chi connectivity index (χ3n) is 4.50. The van der Waals surface area contributed by atoms with Crippen LogP contribution < -0.4 is 10.1 Å². The third-order valence-corrected chi connectivity index (χ3v) is 5.37. The van der Waals surface area contributed by atoms with Crippen molar-refractivity contribution in [2.24, 2.45) is 5.92 Å². The number of carbonyl (C=O) groups is 1. The lowest BCUT2D eigenvalue weighted by molar-refractivity contribution is -0.123. The van der Waals surface area contributed by atoms with Crippen LogP contribution in [-0.2, 0) is 11.3 Å². The summed E-state index contributed by atoms with van der Waals surface area (Å²) >= 11 is 1.80. The van der Waals surface area contributed by atoms with Gasteiger partial charge in [-0.25, -0.2) is 0 Å². The molecule has 2 aromatic rings. The zero-order valence-electron chi connectivity index (χ0n) is 14.7. The molecule has 1 aromatic carbocycles. The predicted octanol–water partition coefficient (Wildman–Crippen LogP) is 3.03. The summed E-state index contributed by atoms with van der Waals surface area (Å²) in [6.45, 7) is 3.84. The zero-order valence-corrected chi connectivity index (χ0v) is 15.5. The lowest BCUT2D eigenvalue weighted by Crippen LogP contribution is -2.41. The molecule has 0 saturated carbocycles. The maximum Gasteiger partial charge on any atom is 0.257 e. The molecule has 3 rings (SSSR count). The predicted molar refractivity (Wildman–Crippen MR) is 102 cm³/mol. The van der Waals surface area contributed by atoms with E-state index in [1.165, 1.54) is 11.3 Å². The van der Waals surface area contributed by atoms with E-state index >= 15 is 0 Å². The highest BCUT2D eigenvalue weighted by Crippen LogP contribution is 2.20. The molecule has 136 valence electrons. The van der Waals surface area contributed by atoms with Gasteiger partial charge in [0, 0.05) is 24.5 Å². The highest BCUT2D eigenvalue weighted by molar-refractivity contribution is 7.09. The molecule has 1 N–H and O–H groups in total. The van der Waals surface area contributed by atoms with Crippen LogP contribution in [0.4, 0.5) is 0 Å². The number of hydrogen-bond donors (Lipinski definition) is 1. The van der Waals surface area contributed by atoms with Crippen molar-refractivity contribution >= 4 is 17.2 Å². The number of likely N-dealkylation sites (tertiary alicyclic amines) is 1. The summed E-state index contributed by atoms with van der Waals surface area (Å²) in [6.07, 6.45) is 2.32. The molecule has 0 radical (unpaired) electrons. The van der Waals surface area contributed by atoms with Crippen LogP contribution in [0, 0.1) is 17.2 Å². The van der Waals surface area contributed by atoms with Gasteiger partial charge in [-0.3, -0.25) is 9.69 Å². The van der Waals surface area contributed by atoms with Gasteiger partial charge in [-0.1, -0.05) is 6.07 Å². The van der Waals surface area contributed by atoms with Crippen molar-refractivity contribution in [2.75, 3.05) is 26.2 Å². The molecular formula is C20H23N3O2S. The van der Waals surface area contributed by atoms with Crippen molar-refractivity contribution in [1.82, 2.24) is 10.2 Å². The minimum atomic E-state index is -0.107. The second kappa shape index (κ2) is 9.37. The molecule has 0 spiro atoms. The number of rotatable bonds is 7. The lowest BCUT2D eigenvalue weighted by Gasteiger charge is -2.32. The van der Waals surface area contributed by atoms with E-state index in [-0.39, 0.29) is 12.5 Å². The van der Waals surface area contributed by atoms with Gasteiger partial charge in [0.05, 0.1) is 11.6 Å². The van der Waals surface area contributed by atoms with Crippen molar-refractivity contribution in [3.63, 3.8) is 0 Å². The average Bonchev–Trinajstić information content (AvgIpc) is 3.18. The Morgan fingerprint density at radius 2 is 2.19 bits per heavy atom. The molecule has 26 heavy (non-hydrogen) atoms. The van der Waals surface area contributed by atoms with E-state index in [2.05, 4.69) is 33.8 Å². The topological polar surface area (TPSA) is 65.4 Å². The number of thiophene rings is 1. The van der Waals surface area contributed by atoms with E-state index in [1.54, 1.807) is 35.6 Å². The number of piperidine rings is 1. The molecule has 6 heteroatoms. The minimum Gasteiger partial charge on any atom is -0.484 e. The van der Waals surface area contributed by atoms with Gasteiger partial charge >= 0.3 is 0 Å². The number of nitrogens with one attached hydrogen (secondary N) is 1. The number of amides is 1. The first-order valence-electron chi connectivity index (χ1n) is 8.87. The summed E-state index contributed by atoms with van der Waals surface area (Å²) in [7, 11) is 0. The maximum absolute atomic E-state index is 12.0. The van der Waals surface area contributed by atoms with E-state index in [1.807, 2.05) is 0 Å². The Balaban J connectivity index is 1.37. The van der Waals surface area contributed by atoms with Gasteiger partial charge in [-0.15, -0.1) is 11.3 Å². The molecule has 1 aliphatic heterocycles. The van der Waals surface area contributed by atoms with E-state index in [9.17, 15) is 4.79 Å². The Morgan fingerprint density at radius 1 is 1.35 bits per heavy atom. The number of benzene rings is 1. The fraction of sp³-hybridized carbons (Fsp3) is 0.400. The summed E-state index contributed by atoms with van der Waals surface area (Å²) in [5.41, 5.74) is 0.575. The average molecular weight is 369 g/mol. The molecule has 2 heterocycles. The van der Waals surface area contributed by atoms with Crippen LogP contribution in [0.25, 0.3) is 0 Å². The quantitative estimate of drug-likeness (QED) is 0.815. The van der Waals surface area contributed by atoms with Gasteiger partial charge < -0.3 is 10.1 Å². The number of ether oxygens (including phenoxy) is 1. The first-order valence-corrected chi connectivity index (χ1v) is 9.75. The summed E-state index contributed by atoms with van der Waals surface area (Å²) in [4.78, 5) is 15.9. The van der Waals surface area contributed by atoms with E-state index in [0.29, 0.717) is 23.8 Å². The van der Waals surface area contributed by atoms with Gasteiger partial charge in [-0.05, 0) is 61.0 Å². The van der Waals surface area contributed by atoms with E-state index in [4.69, 9.17) is 10.00 Å². The Hall–Kier alpha value is -2.36. The number of carbonyl (C=O) groups excluding carboxylic acids is 1. The summed E-state index contributed by atoms with van der Waals surface area (Å²) in [5.74, 6) is 0.978. The van der Waals surface area contributed by atoms with Crippen molar-refractivity contribution in [1.29, 1.82) is 5.26 Å². The number of nitrogens with zero attached hydrogens (tertiary/aromatic N) is 2. The molecule has 1 unspecified atom stereocenters. The molecule has 0 aliphatic carbocycles. The largest absolute Gasteiger partial charge is 0.484 e. The minimum absolute atomic E-state index is 0.00245. The highest BCUT2D eigenvalue weighted by Gasteiger charge is 2.20. The molecule has 1 saturated heterocycles. The van der Waals surface area contributed by atoms with Gasteiger partial charge in [0.2, 0.25) is 0 Å². The number of hydrogen-bond acceptors (Lipinski definition) is 5. The lowest BCUT2D eigenvalue weighted by atomic mass is 9.98. The van der Waals surface area contributed by atoms with Gasteiger partial charge in [0.25, 0.3) is 5.91 Å². The summed E-state index contributed by atoms with van der Waals surface area (Å²) in [6, 6.07) is 13.1. The normalized spacial score (nSPS) is 17.4. The third kappa shape index (κ3) is 5.58. The molecule has 1 aliphatic rings. The zero-order chi connectivity index (χ0) is 18.2. The Morgan fingerprint density at radius 3 is 2.92 bits per heavy atom. The van der Waals surface area contributed by atoms with Crippen molar-refractivity contribution < 1.29 is 9.53 Å². The van der Waals surface area contributed by atoms with Crippen LogP contribution in [0.5, 0.6) is 5.75 Å². The Labute approximate surface area is 158 Å². The molecule has 1 aromatic heterocycles. The molecule has 1 fully saturated rings. The van der Waals surface area contributed by atoms with Crippen LogP contribution in [0.2, 0.25) is 0 Å². The fourth-order valence-corrected chi connectivity index (χ4v) is 3.91. The van der Waals surface area contributed by atoms with Crippen molar-refractivity contribution in [3.05, 3.63) is 52.2 Å². The second-order valence-electron chi connectivity index (χ2n) is 6.55.